The molecular weight excluding hydrogens is 306 g/mol. The summed E-state index contributed by atoms with van der Waals surface area (Å²) in [5.41, 5.74) is 1.65. The van der Waals surface area contributed by atoms with Gasteiger partial charge in [-0.2, -0.15) is 0 Å². The Bertz CT molecular complexity index is 473. The molecule has 0 amide bonds. The highest BCUT2D eigenvalue weighted by Gasteiger charge is 2.50. The van der Waals surface area contributed by atoms with Crippen molar-refractivity contribution in [1.29, 1.82) is 0 Å². The first-order valence-corrected chi connectivity index (χ1v) is 7.32. The van der Waals surface area contributed by atoms with Crippen molar-refractivity contribution in [2.45, 2.75) is 26.3 Å². The Kier molecular flexibility index (Phi) is 4.11. The number of hydrogen-bond donors (Lipinski definition) is 1. The molecule has 1 fully saturated rings. The molecule has 2 unspecified atom stereocenters. The highest BCUT2D eigenvalue weighted by molar-refractivity contribution is 9.10. The normalized spacial score (nSPS) is 21.9. The number of hydrogen-bond acceptors (Lipinski definition) is 3. The van der Waals surface area contributed by atoms with E-state index in [9.17, 15) is 0 Å². The summed E-state index contributed by atoms with van der Waals surface area (Å²) in [5, 5.41) is 3.44. The van der Waals surface area contributed by atoms with Crippen molar-refractivity contribution in [2.24, 2.45) is 11.3 Å². The highest BCUT2D eigenvalue weighted by Crippen LogP contribution is 2.58. The third-order valence-corrected chi connectivity index (χ3v) is 4.83. The molecule has 0 bridgehead atoms. The Morgan fingerprint density at radius 2 is 1.79 bits per heavy atom. The lowest BCUT2D eigenvalue weighted by atomic mass is 9.97. The molecule has 0 aliphatic heterocycles. The van der Waals surface area contributed by atoms with E-state index < -0.39 is 0 Å². The second kappa shape index (κ2) is 5.33. The number of rotatable bonds is 5. The fourth-order valence-corrected chi connectivity index (χ4v) is 3.33. The molecule has 0 heterocycles. The predicted molar refractivity (Wildman–Crippen MR) is 80.9 cm³/mol. The lowest BCUT2D eigenvalue weighted by Crippen LogP contribution is -2.21. The van der Waals surface area contributed by atoms with Crippen molar-refractivity contribution < 1.29 is 9.47 Å². The number of halogens is 1. The van der Waals surface area contributed by atoms with Crippen molar-refractivity contribution in [2.75, 3.05) is 21.3 Å². The lowest BCUT2D eigenvalue weighted by molar-refractivity contribution is 0.352. The van der Waals surface area contributed by atoms with Crippen molar-refractivity contribution in [3.8, 4) is 11.5 Å². The number of benzene rings is 1. The van der Waals surface area contributed by atoms with Crippen LogP contribution in [0.3, 0.4) is 0 Å². The molecule has 19 heavy (non-hydrogen) atoms. The minimum absolute atomic E-state index is 0.337. The van der Waals surface area contributed by atoms with Crippen LogP contribution in [-0.4, -0.2) is 21.3 Å². The van der Waals surface area contributed by atoms with Crippen LogP contribution in [0.2, 0.25) is 0 Å². The van der Waals surface area contributed by atoms with Crippen LogP contribution in [-0.2, 0) is 0 Å². The van der Waals surface area contributed by atoms with E-state index in [1.54, 1.807) is 14.2 Å². The van der Waals surface area contributed by atoms with Gasteiger partial charge in [-0.1, -0.05) is 29.8 Å². The Morgan fingerprint density at radius 3 is 2.21 bits per heavy atom. The van der Waals surface area contributed by atoms with Gasteiger partial charge >= 0.3 is 0 Å². The second-order valence-corrected chi connectivity index (χ2v) is 6.65. The summed E-state index contributed by atoms with van der Waals surface area (Å²) in [7, 11) is 5.34. The SMILES string of the molecule is CNC(c1cc(OC)c(OC)cc1Br)C1CC1(C)C. The zero-order chi connectivity index (χ0) is 14.2. The Labute approximate surface area is 123 Å². The van der Waals surface area contributed by atoms with Crippen molar-refractivity contribution in [3.05, 3.63) is 22.2 Å². The van der Waals surface area contributed by atoms with Gasteiger partial charge in [0.05, 0.1) is 14.2 Å². The van der Waals surface area contributed by atoms with Crippen LogP contribution in [0.4, 0.5) is 0 Å². The van der Waals surface area contributed by atoms with Crippen LogP contribution in [0, 0.1) is 11.3 Å². The quantitative estimate of drug-likeness (QED) is 0.892. The molecule has 1 saturated carbocycles. The standard InChI is InChI=1S/C15H22BrNO2/c1-15(2)8-10(15)14(17-3)9-6-12(18-4)13(19-5)7-11(9)16/h6-7,10,14,17H,8H2,1-5H3. The summed E-state index contributed by atoms with van der Waals surface area (Å²) in [5.74, 6) is 2.19. The predicted octanol–water partition coefficient (Wildman–Crippen LogP) is 3.77. The van der Waals surface area contributed by atoms with E-state index in [0.717, 1.165) is 16.0 Å². The molecule has 1 aromatic rings. The molecule has 1 aliphatic carbocycles. The van der Waals surface area contributed by atoms with Crippen LogP contribution >= 0.6 is 15.9 Å². The van der Waals surface area contributed by atoms with Gasteiger partial charge in [0.15, 0.2) is 11.5 Å². The van der Waals surface area contributed by atoms with Crippen molar-refractivity contribution in [1.82, 2.24) is 5.32 Å². The highest BCUT2D eigenvalue weighted by atomic mass is 79.9. The first-order chi connectivity index (χ1) is 8.94. The van der Waals surface area contributed by atoms with Gasteiger partial charge in [-0.3, -0.25) is 0 Å². The first-order valence-electron chi connectivity index (χ1n) is 6.53. The van der Waals surface area contributed by atoms with E-state index in [4.69, 9.17) is 9.47 Å². The van der Waals surface area contributed by atoms with Gasteiger partial charge in [0.2, 0.25) is 0 Å². The molecule has 0 saturated heterocycles. The Balaban J connectivity index is 2.38. The molecule has 2 rings (SSSR count). The van der Waals surface area contributed by atoms with E-state index in [2.05, 4.69) is 41.2 Å². The average molecular weight is 328 g/mol. The van der Waals surface area contributed by atoms with Gasteiger partial charge in [-0.15, -0.1) is 0 Å². The number of ether oxygens (including phenoxy) is 2. The van der Waals surface area contributed by atoms with E-state index in [1.807, 2.05) is 13.1 Å². The molecular formula is C15H22BrNO2. The van der Waals surface area contributed by atoms with Crippen LogP contribution in [0.1, 0.15) is 31.9 Å². The Morgan fingerprint density at radius 1 is 1.26 bits per heavy atom. The molecule has 3 nitrogen and oxygen atoms in total. The van der Waals surface area contributed by atoms with Gasteiger partial charge in [-0.25, -0.2) is 0 Å². The van der Waals surface area contributed by atoms with Crippen LogP contribution < -0.4 is 14.8 Å². The minimum Gasteiger partial charge on any atom is -0.493 e. The molecule has 0 spiro atoms. The van der Waals surface area contributed by atoms with Crippen molar-refractivity contribution >= 4 is 15.9 Å². The summed E-state index contributed by atoms with van der Waals surface area (Å²) < 4.78 is 11.8. The molecule has 1 aromatic carbocycles. The van der Waals surface area contributed by atoms with Gasteiger partial charge in [0.1, 0.15) is 0 Å². The monoisotopic (exact) mass is 327 g/mol. The van der Waals surface area contributed by atoms with Crippen LogP contribution in [0.15, 0.2) is 16.6 Å². The molecule has 0 radical (unpaired) electrons. The maximum Gasteiger partial charge on any atom is 0.161 e. The first kappa shape index (κ1) is 14.7. The zero-order valence-corrected chi connectivity index (χ0v) is 13.8. The largest absolute Gasteiger partial charge is 0.493 e. The smallest absolute Gasteiger partial charge is 0.161 e. The van der Waals surface area contributed by atoms with Gasteiger partial charge < -0.3 is 14.8 Å². The van der Waals surface area contributed by atoms with Crippen LogP contribution in [0.25, 0.3) is 0 Å². The van der Waals surface area contributed by atoms with E-state index in [-0.39, 0.29) is 0 Å². The maximum absolute atomic E-state index is 5.41. The topological polar surface area (TPSA) is 30.5 Å². The summed E-state index contributed by atoms with van der Waals surface area (Å²) in [6.45, 7) is 4.63. The number of methoxy groups -OCH3 is 2. The van der Waals surface area contributed by atoms with E-state index in [0.29, 0.717) is 17.4 Å². The number of nitrogens with one attached hydrogen (secondary N) is 1. The zero-order valence-electron chi connectivity index (χ0n) is 12.2. The fraction of sp³-hybridized carbons (Fsp3) is 0.600. The molecule has 2 atom stereocenters. The van der Waals surface area contributed by atoms with Gasteiger partial charge in [0.25, 0.3) is 0 Å². The summed E-state index contributed by atoms with van der Waals surface area (Å²) >= 11 is 3.65. The molecule has 1 N–H and O–H groups in total. The Hall–Kier alpha value is -0.740. The van der Waals surface area contributed by atoms with Gasteiger partial charge in [0, 0.05) is 10.5 Å². The summed E-state index contributed by atoms with van der Waals surface area (Å²) in [4.78, 5) is 0. The second-order valence-electron chi connectivity index (χ2n) is 5.79. The van der Waals surface area contributed by atoms with E-state index in [1.165, 1.54) is 12.0 Å². The molecule has 106 valence electrons. The third-order valence-electron chi connectivity index (χ3n) is 4.14. The van der Waals surface area contributed by atoms with Gasteiger partial charge in [-0.05, 0) is 42.5 Å². The maximum atomic E-state index is 5.41. The fourth-order valence-electron chi connectivity index (χ4n) is 2.76. The molecule has 0 aromatic heterocycles. The molecule has 4 heteroatoms. The summed E-state index contributed by atoms with van der Waals surface area (Å²) in [6.07, 6.45) is 1.25. The van der Waals surface area contributed by atoms with Crippen molar-refractivity contribution in [3.63, 3.8) is 0 Å². The minimum atomic E-state index is 0.337. The average Bonchev–Trinajstić information content (AvgIpc) is 3.00. The summed E-state index contributed by atoms with van der Waals surface area (Å²) in [6, 6.07) is 4.39. The lowest BCUT2D eigenvalue weighted by Gasteiger charge is -2.21. The third kappa shape index (κ3) is 2.75. The van der Waals surface area contributed by atoms with E-state index >= 15 is 0 Å². The van der Waals surface area contributed by atoms with Crippen LogP contribution in [0.5, 0.6) is 11.5 Å². The molecule has 1 aliphatic rings.